The fourth-order valence-electron chi connectivity index (χ4n) is 4.03. The zero-order valence-electron chi connectivity index (χ0n) is 23.7. The van der Waals surface area contributed by atoms with Gasteiger partial charge >= 0.3 is 6.09 Å². The number of amides is 3. The summed E-state index contributed by atoms with van der Waals surface area (Å²) in [7, 11) is 1.45. The van der Waals surface area contributed by atoms with Gasteiger partial charge in [0, 0.05) is 34.8 Å². The molecule has 0 aliphatic rings. The van der Waals surface area contributed by atoms with E-state index in [1.165, 1.54) is 43.6 Å². The lowest BCUT2D eigenvalue weighted by atomic mass is 10.1. The van der Waals surface area contributed by atoms with Gasteiger partial charge in [-0.05, 0) is 62.7 Å². The third kappa shape index (κ3) is 8.24. The molecule has 13 heteroatoms. The van der Waals surface area contributed by atoms with Crippen molar-refractivity contribution < 1.29 is 23.9 Å². The molecule has 0 fully saturated rings. The number of carbonyl (C=O) groups is 3. The first-order valence-corrected chi connectivity index (χ1v) is 13.8. The number of carbonyl (C=O) groups excluding carboxylic acids is 3. The van der Waals surface area contributed by atoms with E-state index in [1.54, 1.807) is 45.0 Å². The molecule has 4 aromatic rings. The Labute approximate surface area is 256 Å². The number of anilines is 1. The number of methoxy groups -OCH3 is 1. The van der Waals surface area contributed by atoms with E-state index < -0.39 is 35.1 Å². The van der Waals surface area contributed by atoms with Gasteiger partial charge in [0.05, 0.1) is 29.4 Å². The molecule has 0 radical (unpaired) electrons. The fraction of sp³-hybridized carbons (Fsp3) is 0.233. The molecular weight excluding hydrogens is 597 g/mol. The van der Waals surface area contributed by atoms with Crippen LogP contribution in [0.2, 0.25) is 10.0 Å². The molecule has 2 aromatic heterocycles. The van der Waals surface area contributed by atoms with E-state index in [0.29, 0.717) is 27.4 Å². The number of fused-ring (bicyclic) bond motifs is 1. The van der Waals surface area contributed by atoms with Crippen LogP contribution in [0.25, 0.3) is 10.9 Å². The summed E-state index contributed by atoms with van der Waals surface area (Å²) in [5, 5.41) is 9.23. The van der Waals surface area contributed by atoms with Crippen LogP contribution in [0.1, 0.15) is 53.1 Å². The summed E-state index contributed by atoms with van der Waals surface area (Å²) in [6.07, 6.45) is 0.816. The Balaban J connectivity index is 1.54. The van der Waals surface area contributed by atoms with Crippen molar-refractivity contribution in [3.8, 4) is 5.88 Å². The Morgan fingerprint density at radius 1 is 1.02 bits per heavy atom. The average Bonchev–Trinajstić information content (AvgIpc) is 2.94. The molecule has 2 heterocycles. The molecule has 0 saturated carbocycles. The minimum atomic E-state index is -0.739. The normalized spacial score (nSPS) is 11.9. The molecule has 11 nitrogen and oxygen atoms in total. The van der Waals surface area contributed by atoms with Gasteiger partial charge in [0.2, 0.25) is 5.88 Å². The number of aromatic amines is 1. The second kappa shape index (κ2) is 13.1. The lowest BCUT2D eigenvalue weighted by Gasteiger charge is -2.23. The maximum Gasteiger partial charge on any atom is 0.407 e. The summed E-state index contributed by atoms with van der Waals surface area (Å²) in [5.74, 6) is -0.955. The van der Waals surface area contributed by atoms with Crippen LogP contribution in [0.3, 0.4) is 0 Å². The van der Waals surface area contributed by atoms with Gasteiger partial charge in [-0.1, -0.05) is 35.3 Å². The molecular formula is C30H29Cl2N5O6. The summed E-state index contributed by atoms with van der Waals surface area (Å²) in [4.78, 5) is 58.1. The number of nitrogens with one attached hydrogen (secondary N) is 4. The highest BCUT2D eigenvalue weighted by Gasteiger charge is 2.22. The first-order chi connectivity index (χ1) is 20.3. The topological polar surface area (TPSA) is 152 Å². The maximum atomic E-state index is 13.3. The quantitative estimate of drug-likeness (QED) is 0.202. The van der Waals surface area contributed by atoms with Gasteiger partial charge in [0.1, 0.15) is 11.2 Å². The Morgan fingerprint density at radius 2 is 1.79 bits per heavy atom. The predicted octanol–water partition coefficient (Wildman–Crippen LogP) is 5.49. The van der Waals surface area contributed by atoms with E-state index >= 15 is 0 Å². The highest BCUT2D eigenvalue weighted by Crippen LogP contribution is 2.25. The van der Waals surface area contributed by atoms with Crippen molar-refractivity contribution in [3.63, 3.8) is 0 Å². The molecule has 4 N–H and O–H groups in total. The van der Waals surface area contributed by atoms with E-state index in [-0.39, 0.29) is 28.4 Å². The number of aromatic nitrogens is 2. The SMILES string of the molecule is COc1cc2[nH]c(=O)c(C(=O)Nc3cc(C(=O)NC(CNC(=O)OC(C)(C)C)c4cccc(Cl)c4)ccc3Cl)cc2cn1. The highest BCUT2D eigenvalue weighted by molar-refractivity contribution is 6.34. The van der Waals surface area contributed by atoms with Crippen molar-refractivity contribution in [3.05, 3.63) is 97.9 Å². The number of benzene rings is 2. The van der Waals surface area contributed by atoms with E-state index in [1.807, 2.05) is 0 Å². The molecule has 224 valence electrons. The first kappa shape index (κ1) is 31.3. The van der Waals surface area contributed by atoms with Gasteiger partial charge in [-0.15, -0.1) is 0 Å². The van der Waals surface area contributed by atoms with Gasteiger partial charge in [0.15, 0.2) is 0 Å². The molecule has 1 atom stereocenters. The van der Waals surface area contributed by atoms with Gasteiger partial charge < -0.3 is 30.4 Å². The molecule has 3 amide bonds. The number of nitrogens with zero attached hydrogens (tertiary/aromatic N) is 1. The van der Waals surface area contributed by atoms with Crippen molar-refractivity contribution in [2.75, 3.05) is 19.0 Å². The number of pyridine rings is 2. The number of rotatable bonds is 8. The molecule has 0 saturated heterocycles. The number of halogens is 2. The van der Waals surface area contributed by atoms with E-state index in [2.05, 4.69) is 25.9 Å². The zero-order valence-corrected chi connectivity index (χ0v) is 25.2. The number of alkyl carbamates (subject to hydrolysis) is 1. The minimum absolute atomic E-state index is 0.00362. The molecule has 0 bridgehead atoms. The smallest absolute Gasteiger partial charge is 0.407 e. The molecule has 1 unspecified atom stereocenters. The van der Waals surface area contributed by atoms with Crippen molar-refractivity contribution >= 4 is 57.7 Å². The Morgan fingerprint density at radius 3 is 2.49 bits per heavy atom. The van der Waals surface area contributed by atoms with Gasteiger partial charge in [0.25, 0.3) is 17.4 Å². The summed E-state index contributed by atoms with van der Waals surface area (Å²) in [6, 6.07) is 13.4. The summed E-state index contributed by atoms with van der Waals surface area (Å²) < 4.78 is 10.4. The Hall–Kier alpha value is -4.61. The standard InChI is InChI=1S/C30H29Cl2N5O6/c1-30(2,3)43-29(41)34-15-24(16-6-5-7-19(31)10-16)37-26(38)17-8-9-21(32)23(12-17)36-28(40)20-11-18-14-33-25(42-4)13-22(18)35-27(20)39/h5-14,24H,15H2,1-4H3,(H,34,41)(H,35,39)(H,36,40)(H,37,38). The van der Waals surface area contributed by atoms with Crippen LogP contribution in [-0.2, 0) is 4.74 Å². The minimum Gasteiger partial charge on any atom is -0.481 e. The third-order valence-electron chi connectivity index (χ3n) is 6.04. The highest BCUT2D eigenvalue weighted by atomic mass is 35.5. The van der Waals surface area contributed by atoms with Crippen LogP contribution in [0.15, 0.2) is 65.6 Å². The summed E-state index contributed by atoms with van der Waals surface area (Å²) in [6.45, 7) is 5.23. The molecule has 0 spiro atoms. The lowest BCUT2D eigenvalue weighted by Crippen LogP contribution is -2.40. The van der Waals surface area contributed by atoms with Crippen molar-refractivity contribution in [2.24, 2.45) is 0 Å². The number of H-pyrrole nitrogens is 1. The number of ether oxygens (including phenoxy) is 2. The van der Waals surface area contributed by atoms with Crippen molar-refractivity contribution in [1.29, 1.82) is 0 Å². The average molecular weight is 626 g/mol. The molecule has 43 heavy (non-hydrogen) atoms. The van der Waals surface area contributed by atoms with Crippen molar-refractivity contribution in [1.82, 2.24) is 20.6 Å². The third-order valence-corrected chi connectivity index (χ3v) is 6.60. The summed E-state index contributed by atoms with van der Waals surface area (Å²) in [5.41, 5.74) is -0.163. The number of hydrogen-bond acceptors (Lipinski definition) is 7. The number of hydrogen-bond donors (Lipinski definition) is 4. The first-order valence-electron chi connectivity index (χ1n) is 13.0. The fourth-order valence-corrected chi connectivity index (χ4v) is 4.39. The van der Waals surface area contributed by atoms with Crippen LogP contribution < -0.4 is 26.2 Å². The zero-order chi connectivity index (χ0) is 31.3. The Bertz CT molecular complexity index is 1750. The van der Waals surface area contributed by atoms with E-state index in [9.17, 15) is 19.2 Å². The lowest BCUT2D eigenvalue weighted by molar-refractivity contribution is 0.0519. The van der Waals surface area contributed by atoms with Gasteiger partial charge in [-0.2, -0.15) is 0 Å². The monoisotopic (exact) mass is 625 g/mol. The van der Waals surface area contributed by atoms with Gasteiger partial charge in [-0.25, -0.2) is 9.78 Å². The maximum absolute atomic E-state index is 13.3. The summed E-state index contributed by atoms with van der Waals surface area (Å²) >= 11 is 12.5. The van der Waals surface area contributed by atoms with Gasteiger partial charge in [-0.3, -0.25) is 14.4 Å². The predicted molar refractivity (Wildman–Crippen MR) is 164 cm³/mol. The van der Waals surface area contributed by atoms with E-state index in [4.69, 9.17) is 32.7 Å². The molecule has 4 rings (SSSR count). The Kier molecular flexibility index (Phi) is 9.57. The van der Waals surface area contributed by atoms with Crippen LogP contribution in [0.4, 0.5) is 10.5 Å². The van der Waals surface area contributed by atoms with Crippen molar-refractivity contribution in [2.45, 2.75) is 32.4 Å². The van der Waals surface area contributed by atoms with Crippen LogP contribution >= 0.6 is 23.2 Å². The van der Waals surface area contributed by atoms with Crippen LogP contribution in [0, 0.1) is 0 Å². The molecule has 0 aliphatic heterocycles. The van der Waals surface area contributed by atoms with E-state index in [0.717, 1.165) is 0 Å². The largest absolute Gasteiger partial charge is 0.481 e. The van der Waals surface area contributed by atoms with Crippen LogP contribution in [-0.4, -0.2) is 47.1 Å². The molecule has 2 aromatic carbocycles. The second-order valence-corrected chi connectivity index (χ2v) is 11.3. The molecule has 0 aliphatic carbocycles. The second-order valence-electron chi connectivity index (χ2n) is 10.4. The van der Waals surface area contributed by atoms with Crippen LogP contribution in [0.5, 0.6) is 5.88 Å².